The zero-order valence-corrected chi connectivity index (χ0v) is 13.0. The molecule has 2 aliphatic rings. The van der Waals surface area contributed by atoms with Crippen LogP contribution in [0, 0.1) is 6.92 Å². The smallest absolute Gasteiger partial charge is 0.131 e. The van der Waals surface area contributed by atoms with E-state index in [1.165, 1.54) is 42.9 Å². The van der Waals surface area contributed by atoms with E-state index < -0.39 is 0 Å². The number of anilines is 1. The Morgan fingerprint density at radius 3 is 2.70 bits per heavy atom. The molecule has 1 aromatic rings. The highest BCUT2D eigenvalue weighted by Gasteiger charge is 2.24. The van der Waals surface area contributed by atoms with E-state index in [0.29, 0.717) is 0 Å². The van der Waals surface area contributed by atoms with Gasteiger partial charge in [-0.05, 0) is 39.8 Å². The van der Waals surface area contributed by atoms with E-state index in [-0.39, 0.29) is 0 Å². The lowest BCUT2D eigenvalue weighted by atomic mass is 10.2. The Hall–Kier alpha value is -1.07. The SMILES string of the molecule is Cc1nn(C)c(N2CCCN(C)CC2)c1CNC1CC1. The van der Waals surface area contributed by atoms with E-state index in [0.717, 1.165) is 32.2 Å². The van der Waals surface area contributed by atoms with Crippen LogP contribution in [0.5, 0.6) is 0 Å². The highest BCUT2D eigenvalue weighted by molar-refractivity contribution is 5.50. The Labute approximate surface area is 121 Å². The number of aromatic nitrogens is 2. The molecule has 1 aromatic heterocycles. The van der Waals surface area contributed by atoms with Crippen LogP contribution in [0.25, 0.3) is 0 Å². The van der Waals surface area contributed by atoms with Crippen molar-refractivity contribution in [2.45, 2.75) is 38.8 Å². The van der Waals surface area contributed by atoms with E-state index >= 15 is 0 Å². The summed E-state index contributed by atoms with van der Waals surface area (Å²) in [5, 5.41) is 8.30. The van der Waals surface area contributed by atoms with Crippen LogP contribution in [0.2, 0.25) is 0 Å². The topological polar surface area (TPSA) is 36.3 Å². The highest BCUT2D eigenvalue weighted by atomic mass is 15.4. The van der Waals surface area contributed by atoms with Crippen molar-refractivity contribution in [2.75, 3.05) is 38.1 Å². The van der Waals surface area contributed by atoms with Crippen LogP contribution in [0.3, 0.4) is 0 Å². The summed E-state index contributed by atoms with van der Waals surface area (Å²) >= 11 is 0. The molecule has 0 radical (unpaired) electrons. The first-order valence-electron chi connectivity index (χ1n) is 7.84. The zero-order valence-electron chi connectivity index (χ0n) is 13.0. The molecule has 112 valence electrons. The fourth-order valence-corrected chi connectivity index (χ4v) is 3.08. The molecule has 2 fully saturated rings. The minimum Gasteiger partial charge on any atom is -0.355 e. The summed E-state index contributed by atoms with van der Waals surface area (Å²) in [4.78, 5) is 4.94. The average Bonchev–Trinajstić information content (AvgIpc) is 3.19. The number of nitrogens with one attached hydrogen (secondary N) is 1. The van der Waals surface area contributed by atoms with E-state index in [4.69, 9.17) is 0 Å². The van der Waals surface area contributed by atoms with Crippen molar-refractivity contribution in [3.8, 4) is 0 Å². The monoisotopic (exact) mass is 277 g/mol. The summed E-state index contributed by atoms with van der Waals surface area (Å²) in [6, 6.07) is 0.748. The van der Waals surface area contributed by atoms with Crippen molar-refractivity contribution in [3.05, 3.63) is 11.3 Å². The molecule has 0 amide bonds. The maximum absolute atomic E-state index is 4.66. The van der Waals surface area contributed by atoms with E-state index in [1.54, 1.807) is 0 Å². The van der Waals surface area contributed by atoms with Gasteiger partial charge in [0.2, 0.25) is 0 Å². The number of nitrogens with zero attached hydrogens (tertiary/aromatic N) is 4. The lowest BCUT2D eigenvalue weighted by Crippen LogP contribution is -2.31. The maximum atomic E-state index is 4.66. The van der Waals surface area contributed by atoms with Gasteiger partial charge in [-0.3, -0.25) is 4.68 Å². The predicted octanol–water partition coefficient (Wildman–Crippen LogP) is 1.12. The molecule has 2 heterocycles. The lowest BCUT2D eigenvalue weighted by molar-refractivity contribution is 0.360. The maximum Gasteiger partial charge on any atom is 0.131 e. The Balaban J connectivity index is 1.78. The summed E-state index contributed by atoms with van der Waals surface area (Å²) in [6.45, 7) is 7.68. The average molecular weight is 277 g/mol. The third kappa shape index (κ3) is 2.99. The van der Waals surface area contributed by atoms with Crippen molar-refractivity contribution >= 4 is 5.82 Å². The van der Waals surface area contributed by atoms with E-state index in [1.807, 2.05) is 0 Å². The van der Waals surface area contributed by atoms with Gasteiger partial charge in [-0.1, -0.05) is 0 Å². The molecule has 0 aromatic carbocycles. The van der Waals surface area contributed by atoms with Gasteiger partial charge in [0.15, 0.2) is 0 Å². The molecule has 0 spiro atoms. The molecule has 1 aliphatic heterocycles. The lowest BCUT2D eigenvalue weighted by Gasteiger charge is -2.24. The number of hydrogen-bond acceptors (Lipinski definition) is 4. The van der Waals surface area contributed by atoms with Gasteiger partial charge in [-0.25, -0.2) is 0 Å². The zero-order chi connectivity index (χ0) is 14.1. The number of aryl methyl sites for hydroxylation is 2. The number of hydrogen-bond donors (Lipinski definition) is 1. The van der Waals surface area contributed by atoms with Crippen molar-refractivity contribution in [1.29, 1.82) is 0 Å². The van der Waals surface area contributed by atoms with Crippen molar-refractivity contribution in [2.24, 2.45) is 7.05 Å². The minimum atomic E-state index is 0.748. The Morgan fingerprint density at radius 2 is 1.95 bits per heavy atom. The van der Waals surface area contributed by atoms with Crippen LogP contribution >= 0.6 is 0 Å². The number of likely N-dealkylation sites (N-methyl/N-ethyl adjacent to an activating group) is 1. The van der Waals surface area contributed by atoms with Crippen LogP contribution in [0.4, 0.5) is 5.82 Å². The third-order valence-electron chi connectivity index (χ3n) is 4.48. The first-order valence-corrected chi connectivity index (χ1v) is 7.84. The molecular weight excluding hydrogens is 250 g/mol. The predicted molar refractivity (Wildman–Crippen MR) is 82.1 cm³/mol. The Morgan fingerprint density at radius 1 is 1.15 bits per heavy atom. The fourth-order valence-electron chi connectivity index (χ4n) is 3.08. The van der Waals surface area contributed by atoms with E-state index in [9.17, 15) is 0 Å². The van der Waals surface area contributed by atoms with Crippen LogP contribution in [-0.4, -0.2) is 53.9 Å². The summed E-state index contributed by atoms with van der Waals surface area (Å²) in [7, 11) is 4.30. The Bertz CT molecular complexity index is 463. The van der Waals surface area contributed by atoms with Crippen molar-refractivity contribution < 1.29 is 0 Å². The molecule has 3 rings (SSSR count). The second-order valence-corrected chi connectivity index (χ2v) is 6.31. The summed E-state index contributed by atoms with van der Waals surface area (Å²) in [6.07, 6.45) is 3.91. The molecule has 1 aliphatic carbocycles. The second-order valence-electron chi connectivity index (χ2n) is 6.31. The standard InChI is InChI=1S/C15H27N5/c1-12-14(11-16-13-5-6-13)15(19(3)17-12)20-8-4-7-18(2)9-10-20/h13,16H,4-11H2,1-3H3. The first-order chi connectivity index (χ1) is 9.65. The fraction of sp³-hybridized carbons (Fsp3) is 0.800. The molecule has 0 unspecified atom stereocenters. The Kier molecular flexibility index (Phi) is 3.98. The molecular formula is C15H27N5. The first kappa shape index (κ1) is 13.9. The highest BCUT2D eigenvalue weighted by Crippen LogP contribution is 2.26. The molecule has 1 saturated carbocycles. The van der Waals surface area contributed by atoms with Crippen molar-refractivity contribution in [1.82, 2.24) is 20.0 Å². The van der Waals surface area contributed by atoms with Gasteiger partial charge in [-0.2, -0.15) is 5.10 Å². The van der Waals surface area contributed by atoms with Gasteiger partial charge in [0.1, 0.15) is 5.82 Å². The minimum absolute atomic E-state index is 0.748. The third-order valence-corrected chi connectivity index (χ3v) is 4.48. The molecule has 5 heteroatoms. The van der Waals surface area contributed by atoms with Gasteiger partial charge in [-0.15, -0.1) is 0 Å². The normalized spacial score (nSPS) is 21.2. The molecule has 5 nitrogen and oxygen atoms in total. The largest absolute Gasteiger partial charge is 0.355 e. The molecule has 20 heavy (non-hydrogen) atoms. The van der Waals surface area contributed by atoms with Gasteiger partial charge in [0.25, 0.3) is 0 Å². The second kappa shape index (κ2) is 5.74. The molecule has 1 N–H and O–H groups in total. The van der Waals surface area contributed by atoms with E-state index in [2.05, 4.69) is 45.9 Å². The van der Waals surface area contributed by atoms with Gasteiger partial charge >= 0.3 is 0 Å². The molecule has 0 bridgehead atoms. The van der Waals surface area contributed by atoms with Crippen LogP contribution in [-0.2, 0) is 13.6 Å². The quantitative estimate of drug-likeness (QED) is 0.895. The summed E-state index contributed by atoms with van der Waals surface area (Å²) in [5.74, 6) is 1.32. The van der Waals surface area contributed by atoms with Crippen molar-refractivity contribution in [3.63, 3.8) is 0 Å². The van der Waals surface area contributed by atoms with Gasteiger partial charge < -0.3 is 15.1 Å². The van der Waals surface area contributed by atoms with Gasteiger partial charge in [0, 0.05) is 44.8 Å². The molecule has 0 atom stereocenters. The summed E-state index contributed by atoms with van der Waals surface area (Å²) < 4.78 is 2.07. The summed E-state index contributed by atoms with van der Waals surface area (Å²) in [5.41, 5.74) is 2.57. The molecule has 1 saturated heterocycles. The van der Waals surface area contributed by atoms with Gasteiger partial charge in [0.05, 0.1) is 5.69 Å². The van der Waals surface area contributed by atoms with Crippen LogP contribution in [0.15, 0.2) is 0 Å². The van der Waals surface area contributed by atoms with Crippen LogP contribution in [0.1, 0.15) is 30.5 Å². The van der Waals surface area contributed by atoms with Crippen LogP contribution < -0.4 is 10.2 Å². The number of rotatable bonds is 4.